The van der Waals surface area contributed by atoms with Gasteiger partial charge >= 0.3 is 0 Å². The maximum absolute atomic E-state index is 11.1. The van der Waals surface area contributed by atoms with Gasteiger partial charge in [-0.05, 0) is 69.3 Å². The molecule has 0 aromatic carbocycles. The lowest BCUT2D eigenvalue weighted by atomic mass is 9.57. The normalized spacial score (nSPS) is 54.7. The van der Waals surface area contributed by atoms with Gasteiger partial charge in [0.05, 0.1) is 11.7 Å². The predicted molar refractivity (Wildman–Crippen MR) is 88.6 cm³/mol. The molecule has 0 amide bonds. The van der Waals surface area contributed by atoms with Crippen molar-refractivity contribution in [2.24, 2.45) is 23.2 Å². The highest BCUT2D eigenvalue weighted by molar-refractivity contribution is 5.34. The van der Waals surface area contributed by atoms with Crippen LogP contribution in [0.1, 0.15) is 72.6 Å². The zero-order valence-electron chi connectivity index (χ0n) is 14.7. The van der Waals surface area contributed by atoms with E-state index in [-0.39, 0.29) is 23.2 Å². The molecule has 2 heterocycles. The molecule has 6 bridgehead atoms. The van der Waals surface area contributed by atoms with Crippen LogP contribution >= 0.6 is 0 Å². The molecule has 22 heavy (non-hydrogen) atoms. The average molecular weight is 304 g/mol. The summed E-state index contributed by atoms with van der Waals surface area (Å²) in [7, 11) is 0. The first-order valence-corrected chi connectivity index (χ1v) is 9.42. The molecule has 0 aromatic rings. The van der Waals surface area contributed by atoms with Crippen LogP contribution in [-0.4, -0.2) is 22.9 Å². The van der Waals surface area contributed by atoms with Gasteiger partial charge in [-0.3, -0.25) is 0 Å². The van der Waals surface area contributed by atoms with Crippen LogP contribution in [0.5, 0.6) is 0 Å². The minimum Gasteiger partial charge on any atom is -0.386 e. The standard InChI is InChI=1S/C20H32O2/c1-12-6-5-10-20(4)15-9-11-19(3)16(15)13(2)14(8-7-12)17(21)18(19)22-20/h12,15-18,21H,5-11H2,1-4H3/t12-,15+,16+,17-,18+,19-,20-/m0/s1. The zero-order valence-corrected chi connectivity index (χ0v) is 14.7. The zero-order chi connectivity index (χ0) is 15.7. The molecule has 5 rings (SSSR count). The fourth-order valence-corrected chi connectivity index (χ4v) is 6.51. The van der Waals surface area contributed by atoms with Gasteiger partial charge < -0.3 is 9.84 Å². The van der Waals surface area contributed by atoms with Crippen LogP contribution < -0.4 is 0 Å². The Hall–Kier alpha value is -0.340. The van der Waals surface area contributed by atoms with Gasteiger partial charge in [-0.1, -0.05) is 32.3 Å². The van der Waals surface area contributed by atoms with E-state index in [1.54, 1.807) is 0 Å². The van der Waals surface area contributed by atoms with Gasteiger partial charge in [-0.2, -0.15) is 0 Å². The van der Waals surface area contributed by atoms with Crippen molar-refractivity contribution in [1.82, 2.24) is 0 Å². The summed E-state index contributed by atoms with van der Waals surface area (Å²) in [5.41, 5.74) is 2.99. The monoisotopic (exact) mass is 304 g/mol. The molecule has 2 nitrogen and oxygen atoms in total. The number of ether oxygens (including phenoxy) is 1. The maximum Gasteiger partial charge on any atom is 0.102 e. The second kappa shape index (κ2) is 4.83. The van der Waals surface area contributed by atoms with E-state index in [0.29, 0.717) is 11.8 Å². The molecule has 124 valence electrons. The van der Waals surface area contributed by atoms with E-state index in [4.69, 9.17) is 4.74 Å². The van der Waals surface area contributed by atoms with E-state index in [1.165, 1.54) is 49.7 Å². The molecule has 5 aliphatic rings. The molecule has 0 aromatic heterocycles. The predicted octanol–water partition coefficient (Wildman–Crippen LogP) is 4.47. The van der Waals surface area contributed by atoms with Crippen molar-refractivity contribution in [3.8, 4) is 0 Å². The number of aliphatic hydroxyl groups excluding tert-OH is 1. The van der Waals surface area contributed by atoms with Crippen LogP contribution in [0.2, 0.25) is 0 Å². The molecule has 0 unspecified atom stereocenters. The molecule has 2 heteroatoms. The van der Waals surface area contributed by atoms with E-state index in [2.05, 4.69) is 27.7 Å². The Bertz CT molecular complexity index is 510. The lowest BCUT2D eigenvalue weighted by Crippen LogP contribution is -2.61. The number of hydrogen-bond donors (Lipinski definition) is 1. The summed E-state index contributed by atoms with van der Waals surface area (Å²) >= 11 is 0. The van der Waals surface area contributed by atoms with Crippen LogP contribution in [0.15, 0.2) is 11.1 Å². The van der Waals surface area contributed by atoms with Crippen molar-refractivity contribution in [2.45, 2.75) is 90.4 Å². The Morgan fingerprint density at radius 1 is 1.14 bits per heavy atom. The summed E-state index contributed by atoms with van der Waals surface area (Å²) in [5.74, 6) is 2.06. The van der Waals surface area contributed by atoms with Crippen molar-refractivity contribution < 1.29 is 9.84 Å². The summed E-state index contributed by atoms with van der Waals surface area (Å²) in [6.07, 6.45) is 8.20. The van der Waals surface area contributed by atoms with E-state index in [1.807, 2.05) is 0 Å². The van der Waals surface area contributed by atoms with Crippen molar-refractivity contribution in [3.63, 3.8) is 0 Å². The minimum absolute atomic E-state index is 0.0216. The smallest absolute Gasteiger partial charge is 0.102 e. The van der Waals surface area contributed by atoms with Crippen molar-refractivity contribution in [3.05, 3.63) is 11.1 Å². The molecular formula is C20H32O2. The van der Waals surface area contributed by atoms with Gasteiger partial charge in [-0.25, -0.2) is 0 Å². The van der Waals surface area contributed by atoms with E-state index in [9.17, 15) is 5.11 Å². The summed E-state index contributed by atoms with van der Waals surface area (Å²) in [5, 5.41) is 11.1. The van der Waals surface area contributed by atoms with Crippen molar-refractivity contribution in [2.75, 3.05) is 0 Å². The number of fused-ring (bicyclic) bond motifs is 5. The Labute approximate surface area is 135 Å². The summed E-state index contributed by atoms with van der Waals surface area (Å²) in [6.45, 7) is 9.43. The lowest BCUT2D eigenvalue weighted by Gasteiger charge is -2.58. The van der Waals surface area contributed by atoms with Gasteiger partial charge in [0.1, 0.15) is 6.10 Å². The Morgan fingerprint density at radius 3 is 2.68 bits per heavy atom. The molecule has 3 aliphatic carbocycles. The maximum atomic E-state index is 11.1. The number of hydrogen-bond acceptors (Lipinski definition) is 2. The summed E-state index contributed by atoms with van der Waals surface area (Å²) < 4.78 is 6.71. The molecule has 0 radical (unpaired) electrons. The SMILES string of the molecule is CC1=C2CC[C@@H](C)CCC[C@]3(C)O[C@H]([C@H]2O)[C@@]2(C)CC[C@@H]3[C@@H]12. The molecule has 1 N–H and O–H groups in total. The van der Waals surface area contributed by atoms with Gasteiger partial charge in [0.25, 0.3) is 0 Å². The van der Waals surface area contributed by atoms with E-state index >= 15 is 0 Å². The second-order valence-electron chi connectivity index (χ2n) is 9.17. The highest BCUT2D eigenvalue weighted by Crippen LogP contribution is 2.65. The molecular weight excluding hydrogens is 272 g/mol. The third kappa shape index (κ3) is 1.86. The van der Waals surface area contributed by atoms with Gasteiger partial charge in [0, 0.05) is 5.41 Å². The fourth-order valence-electron chi connectivity index (χ4n) is 6.51. The topological polar surface area (TPSA) is 29.5 Å². The molecule has 0 spiro atoms. The van der Waals surface area contributed by atoms with Crippen molar-refractivity contribution in [1.29, 1.82) is 0 Å². The third-order valence-corrected chi connectivity index (χ3v) is 7.83. The summed E-state index contributed by atoms with van der Waals surface area (Å²) in [4.78, 5) is 0. The molecule has 2 aliphatic heterocycles. The minimum atomic E-state index is -0.370. The Kier molecular flexibility index (Phi) is 3.34. The van der Waals surface area contributed by atoms with Crippen LogP contribution in [0.25, 0.3) is 0 Å². The number of allylic oxidation sites excluding steroid dienone is 1. The highest BCUT2D eigenvalue weighted by atomic mass is 16.5. The van der Waals surface area contributed by atoms with Crippen molar-refractivity contribution >= 4 is 0 Å². The molecule has 2 saturated heterocycles. The fraction of sp³-hybridized carbons (Fsp3) is 0.900. The Morgan fingerprint density at radius 2 is 1.91 bits per heavy atom. The summed E-state index contributed by atoms with van der Waals surface area (Å²) in [6, 6.07) is 0. The molecule has 1 saturated carbocycles. The third-order valence-electron chi connectivity index (χ3n) is 7.83. The second-order valence-corrected chi connectivity index (χ2v) is 9.17. The molecule has 3 fully saturated rings. The van der Waals surface area contributed by atoms with Crippen LogP contribution in [0.4, 0.5) is 0 Å². The van der Waals surface area contributed by atoms with Gasteiger partial charge in [0.15, 0.2) is 0 Å². The van der Waals surface area contributed by atoms with Crippen LogP contribution in [0.3, 0.4) is 0 Å². The van der Waals surface area contributed by atoms with Crippen LogP contribution in [0, 0.1) is 23.2 Å². The number of aliphatic hydroxyl groups is 1. The first kappa shape index (κ1) is 15.2. The quantitative estimate of drug-likeness (QED) is 0.669. The largest absolute Gasteiger partial charge is 0.386 e. The molecule has 7 atom stereocenters. The highest BCUT2D eigenvalue weighted by Gasteiger charge is 2.65. The van der Waals surface area contributed by atoms with E-state index < -0.39 is 0 Å². The van der Waals surface area contributed by atoms with Crippen LogP contribution in [-0.2, 0) is 4.74 Å². The van der Waals surface area contributed by atoms with E-state index in [0.717, 1.165) is 12.3 Å². The van der Waals surface area contributed by atoms with Gasteiger partial charge in [0.2, 0.25) is 0 Å². The first-order chi connectivity index (χ1) is 10.4. The first-order valence-electron chi connectivity index (χ1n) is 9.42. The number of rotatable bonds is 0. The Balaban J connectivity index is 1.85. The average Bonchev–Trinajstić information content (AvgIpc) is 2.76. The van der Waals surface area contributed by atoms with Gasteiger partial charge in [-0.15, -0.1) is 0 Å². The lowest BCUT2D eigenvalue weighted by molar-refractivity contribution is -0.235.